The first kappa shape index (κ1) is 12.3. The van der Waals surface area contributed by atoms with Crippen molar-refractivity contribution in [3.8, 4) is 0 Å². The van der Waals surface area contributed by atoms with Crippen LogP contribution in [0.1, 0.15) is 0 Å². The number of pyridine rings is 1. The third-order valence-corrected chi connectivity index (χ3v) is 4.13. The van der Waals surface area contributed by atoms with Crippen molar-refractivity contribution in [3.05, 3.63) is 52.4 Å². The van der Waals surface area contributed by atoms with Crippen LogP contribution in [0, 0.1) is 3.57 Å². The maximum atomic E-state index is 11.9. The second-order valence-electron chi connectivity index (χ2n) is 3.30. The summed E-state index contributed by atoms with van der Waals surface area (Å²) in [5.74, 6) is 0. The first-order chi connectivity index (χ1) is 8.08. The van der Waals surface area contributed by atoms with E-state index in [1.165, 1.54) is 18.5 Å². The maximum Gasteiger partial charge on any atom is 0.263 e. The average Bonchev–Trinajstić information content (AvgIpc) is 2.33. The SMILES string of the molecule is O=S(=O)(Nc1ccc(I)cc1)c1cccnc1. The number of halogens is 1. The first-order valence-corrected chi connectivity index (χ1v) is 7.32. The van der Waals surface area contributed by atoms with Crippen molar-refractivity contribution in [2.45, 2.75) is 4.90 Å². The summed E-state index contributed by atoms with van der Waals surface area (Å²) < 4.78 is 27.4. The molecule has 2 aromatic rings. The predicted octanol–water partition coefficient (Wildman–Crippen LogP) is 2.49. The Hall–Kier alpha value is -1.15. The molecule has 6 heteroatoms. The van der Waals surface area contributed by atoms with Crippen molar-refractivity contribution >= 4 is 38.3 Å². The molecule has 0 fully saturated rings. The van der Waals surface area contributed by atoms with Crippen LogP contribution in [-0.2, 0) is 10.0 Å². The Labute approximate surface area is 113 Å². The van der Waals surface area contributed by atoms with Gasteiger partial charge in [-0.25, -0.2) is 8.42 Å². The number of benzene rings is 1. The minimum atomic E-state index is -3.54. The molecule has 1 aromatic carbocycles. The van der Waals surface area contributed by atoms with Crippen molar-refractivity contribution in [1.82, 2.24) is 4.98 Å². The summed E-state index contributed by atoms with van der Waals surface area (Å²) in [7, 11) is -3.54. The molecule has 0 saturated carbocycles. The first-order valence-electron chi connectivity index (χ1n) is 4.76. The fourth-order valence-corrected chi connectivity index (χ4v) is 2.62. The van der Waals surface area contributed by atoms with Gasteiger partial charge in [0.05, 0.1) is 0 Å². The van der Waals surface area contributed by atoms with Crippen LogP contribution in [0.15, 0.2) is 53.7 Å². The van der Waals surface area contributed by atoms with E-state index in [0.29, 0.717) is 5.69 Å². The summed E-state index contributed by atoms with van der Waals surface area (Å²) >= 11 is 2.16. The molecule has 17 heavy (non-hydrogen) atoms. The van der Waals surface area contributed by atoms with Gasteiger partial charge < -0.3 is 0 Å². The molecule has 0 atom stereocenters. The molecule has 0 aliphatic heterocycles. The quantitative estimate of drug-likeness (QED) is 0.856. The molecule has 0 saturated heterocycles. The number of aromatic nitrogens is 1. The molecule has 0 bridgehead atoms. The fraction of sp³-hybridized carbons (Fsp3) is 0. The summed E-state index contributed by atoms with van der Waals surface area (Å²) in [6.07, 6.45) is 2.85. The molecule has 0 aliphatic carbocycles. The van der Waals surface area contributed by atoms with Gasteiger partial charge >= 0.3 is 0 Å². The standard InChI is InChI=1S/C11H9IN2O2S/c12-9-3-5-10(6-4-9)14-17(15,16)11-2-1-7-13-8-11/h1-8,14H. The molecule has 0 radical (unpaired) electrons. The Morgan fingerprint density at radius 3 is 2.41 bits per heavy atom. The highest BCUT2D eigenvalue weighted by Gasteiger charge is 2.13. The number of nitrogens with one attached hydrogen (secondary N) is 1. The lowest BCUT2D eigenvalue weighted by atomic mass is 10.3. The molecular formula is C11H9IN2O2S. The van der Waals surface area contributed by atoms with Gasteiger partial charge in [0.1, 0.15) is 4.90 Å². The monoisotopic (exact) mass is 360 g/mol. The van der Waals surface area contributed by atoms with E-state index in [1.807, 2.05) is 12.1 Å². The van der Waals surface area contributed by atoms with Crippen LogP contribution < -0.4 is 4.72 Å². The molecule has 0 aliphatic rings. The van der Waals surface area contributed by atoms with Crippen molar-refractivity contribution in [3.63, 3.8) is 0 Å². The Morgan fingerprint density at radius 1 is 1.12 bits per heavy atom. The zero-order valence-electron chi connectivity index (χ0n) is 8.67. The van der Waals surface area contributed by atoms with E-state index >= 15 is 0 Å². The van der Waals surface area contributed by atoms with Crippen molar-refractivity contribution in [2.24, 2.45) is 0 Å². The van der Waals surface area contributed by atoms with Gasteiger partial charge in [-0.05, 0) is 59.0 Å². The topological polar surface area (TPSA) is 59.1 Å². The Kier molecular flexibility index (Phi) is 3.63. The van der Waals surface area contributed by atoms with Crippen molar-refractivity contribution in [2.75, 3.05) is 4.72 Å². The largest absolute Gasteiger partial charge is 0.280 e. The van der Waals surface area contributed by atoms with E-state index < -0.39 is 10.0 Å². The van der Waals surface area contributed by atoms with E-state index in [2.05, 4.69) is 32.3 Å². The Bertz CT molecular complexity index is 597. The molecule has 1 heterocycles. The van der Waals surface area contributed by atoms with E-state index in [4.69, 9.17) is 0 Å². The maximum absolute atomic E-state index is 11.9. The number of hydrogen-bond acceptors (Lipinski definition) is 3. The van der Waals surface area contributed by atoms with E-state index in [1.54, 1.807) is 18.2 Å². The number of hydrogen-bond donors (Lipinski definition) is 1. The van der Waals surface area contributed by atoms with Crippen LogP contribution in [0.25, 0.3) is 0 Å². The number of anilines is 1. The molecule has 4 nitrogen and oxygen atoms in total. The highest BCUT2D eigenvalue weighted by Crippen LogP contribution is 2.16. The highest BCUT2D eigenvalue weighted by molar-refractivity contribution is 14.1. The average molecular weight is 360 g/mol. The van der Waals surface area contributed by atoms with E-state index in [0.717, 1.165) is 3.57 Å². The van der Waals surface area contributed by atoms with Gasteiger partial charge in [0.2, 0.25) is 0 Å². The summed E-state index contributed by atoms with van der Waals surface area (Å²) in [6, 6.07) is 10.2. The van der Waals surface area contributed by atoms with E-state index in [-0.39, 0.29) is 4.90 Å². The zero-order chi connectivity index (χ0) is 12.3. The van der Waals surface area contributed by atoms with Gasteiger partial charge in [0, 0.05) is 21.7 Å². The van der Waals surface area contributed by atoms with Crippen LogP contribution >= 0.6 is 22.6 Å². The molecule has 1 N–H and O–H groups in total. The lowest BCUT2D eigenvalue weighted by Crippen LogP contribution is -2.12. The third-order valence-electron chi connectivity index (χ3n) is 2.04. The van der Waals surface area contributed by atoms with Crippen LogP contribution in [-0.4, -0.2) is 13.4 Å². The molecule has 2 rings (SSSR count). The van der Waals surface area contributed by atoms with Crippen LogP contribution in [0.5, 0.6) is 0 Å². The Morgan fingerprint density at radius 2 is 1.82 bits per heavy atom. The number of sulfonamides is 1. The number of nitrogens with zero attached hydrogens (tertiary/aromatic N) is 1. The van der Waals surface area contributed by atoms with Gasteiger partial charge in [0.15, 0.2) is 0 Å². The van der Waals surface area contributed by atoms with E-state index in [9.17, 15) is 8.42 Å². The van der Waals surface area contributed by atoms with Crippen molar-refractivity contribution in [1.29, 1.82) is 0 Å². The van der Waals surface area contributed by atoms with Crippen LogP contribution in [0.2, 0.25) is 0 Å². The summed E-state index contributed by atoms with van der Waals surface area (Å²) in [4.78, 5) is 3.94. The predicted molar refractivity (Wildman–Crippen MR) is 74.2 cm³/mol. The number of rotatable bonds is 3. The minimum absolute atomic E-state index is 0.151. The lowest BCUT2D eigenvalue weighted by Gasteiger charge is -2.07. The fourth-order valence-electron chi connectivity index (χ4n) is 1.24. The van der Waals surface area contributed by atoms with Crippen LogP contribution in [0.3, 0.4) is 0 Å². The second kappa shape index (κ2) is 5.01. The zero-order valence-corrected chi connectivity index (χ0v) is 11.6. The minimum Gasteiger partial charge on any atom is -0.280 e. The molecule has 0 amide bonds. The van der Waals surface area contributed by atoms with Crippen LogP contribution in [0.4, 0.5) is 5.69 Å². The third kappa shape index (κ3) is 3.16. The normalized spacial score (nSPS) is 11.1. The van der Waals surface area contributed by atoms with Gasteiger partial charge in [-0.15, -0.1) is 0 Å². The molecule has 88 valence electrons. The highest BCUT2D eigenvalue weighted by atomic mass is 127. The molecular weight excluding hydrogens is 351 g/mol. The van der Waals surface area contributed by atoms with Gasteiger partial charge in [0.25, 0.3) is 10.0 Å². The van der Waals surface area contributed by atoms with Crippen molar-refractivity contribution < 1.29 is 8.42 Å². The van der Waals surface area contributed by atoms with Gasteiger partial charge in [-0.2, -0.15) is 0 Å². The smallest absolute Gasteiger partial charge is 0.263 e. The summed E-state index contributed by atoms with van der Waals surface area (Å²) in [5.41, 5.74) is 0.536. The Balaban J connectivity index is 2.27. The summed E-state index contributed by atoms with van der Waals surface area (Å²) in [5, 5.41) is 0. The molecule has 0 unspecified atom stereocenters. The van der Waals surface area contributed by atoms with Gasteiger partial charge in [-0.1, -0.05) is 0 Å². The molecule has 0 spiro atoms. The van der Waals surface area contributed by atoms with Gasteiger partial charge in [-0.3, -0.25) is 9.71 Å². The molecule has 1 aromatic heterocycles. The second-order valence-corrected chi connectivity index (χ2v) is 6.23. The summed E-state index contributed by atoms with van der Waals surface area (Å²) in [6.45, 7) is 0. The lowest BCUT2D eigenvalue weighted by molar-refractivity contribution is 0.601.